The molecule has 2 rings (SSSR count). The number of carboxylic acids is 1. The first-order valence-corrected chi connectivity index (χ1v) is 5.17. The molecular weight excluding hydrogens is 192 g/mol. The van der Waals surface area contributed by atoms with Crippen LogP contribution in [0.4, 0.5) is 0 Å². The standard InChI is InChI=1S/C12H14O3/c13-11(7-12(14)15)10-4-2-1-3-9(10)8-5-6-8/h1-4,8,11,13H,5-7H2,(H,14,15). The molecule has 1 atom stereocenters. The summed E-state index contributed by atoms with van der Waals surface area (Å²) in [5.74, 6) is -0.433. The molecule has 0 heterocycles. The summed E-state index contributed by atoms with van der Waals surface area (Å²) in [6.07, 6.45) is 1.21. The van der Waals surface area contributed by atoms with Crippen molar-refractivity contribution in [1.82, 2.24) is 0 Å². The van der Waals surface area contributed by atoms with E-state index in [0.717, 1.165) is 24.0 Å². The fourth-order valence-electron chi connectivity index (χ4n) is 1.86. The summed E-state index contributed by atoms with van der Waals surface area (Å²) in [7, 11) is 0. The van der Waals surface area contributed by atoms with Gasteiger partial charge in [-0.2, -0.15) is 0 Å². The molecule has 0 saturated heterocycles. The summed E-state index contributed by atoms with van der Waals surface area (Å²) in [5.41, 5.74) is 1.90. The summed E-state index contributed by atoms with van der Waals surface area (Å²) >= 11 is 0. The number of rotatable bonds is 4. The van der Waals surface area contributed by atoms with Gasteiger partial charge in [-0.05, 0) is 29.9 Å². The molecule has 15 heavy (non-hydrogen) atoms. The molecule has 0 amide bonds. The molecule has 0 spiro atoms. The Hall–Kier alpha value is -1.35. The lowest BCUT2D eigenvalue weighted by Crippen LogP contribution is -2.07. The lowest BCUT2D eigenvalue weighted by atomic mass is 9.97. The minimum atomic E-state index is -0.965. The third-order valence-corrected chi connectivity index (χ3v) is 2.74. The second kappa shape index (κ2) is 4.03. The van der Waals surface area contributed by atoms with Crippen LogP contribution in [-0.2, 0) is 4.79 Å². The predicted octanol–water partition coefficient (Wildman–Crippen LogP) is 2.07. The summed E-state index contributed by atoms with van der Waals surface area (Å²) in [5, 5.41) is 18.4. The van der Waals surface area contributed by atoms with Gasteiger partial charge in [0.25, 0.3) is 0 Å². The Balaban J connectivity index is 2.21. The van der Waals surface area contributed by atoms with Crippen molar-refractivity contribution >= 4 is 5.97 Å². The first-order valence-electron chi connectivity index (χ1n) is 5.17. The molecule has 0 aromatic heterocycles. The van der Waals surface area contributed by atoms with E-state index in [1.54, 1.807) is 0 Å². The number of aliphatic carboxylic acids is 1. The highest BCUT2D eigenvalue weighted by atomic mass is 16.4. The van der Waals surface area contributed by atoms with Crippen molar-refractivity contribution in [2.24, 2.45) is 0 Å². The van der Waals surface area contributed by atoms with Crippen LogP contribution in [0.5, 0.6) is 0 Å². The highest BCUT2D eigenvalue weighted by Gasteiger charge is 2.27. The monoisotopic (exact) mass is 206 g/mol. The summed E-state index contributed by atoms with van der Waals surface area (Å²) in [4.78, 5) is 10.5. The highest BCUT2D eigenvalue weighted by molar-refractivity contribution is 5.67. The van der Waals surface area contributed by atoms with E-state index in [4.69, 9.17) is 5.11 Å². The fourth-order valence-corrected chi connectivity index (χ4v) is 1.86. The molecule has 80 valence electrons. The molecule has 1 aromatic rings. The average Bonchev–Trinajstić information content (AvgIpc) is 3.00. The van der Waals surface area contributed by atoms with Gasteiger partial charge in [0.15, 0.2) is 0 Å². The van der Waals surface area contributed by atoms with Gasteiger partial charge < -0.3 is 10.2 Å². The fraction of sp³-hybridized carbons (Fsp3) is 0.417. The Labute approximate surface area is 88.4 Å². The highest BCUT2D eigenvalue weighted by Crippen LogP contribution is 2.43. The van der Waals surface area contributed by atoms with Crippen LogP contribution in [0.2, 0.25) is 0 Å². The number of benzene rings is 1. The molecule has 1 aliphatic carbocycles. The zero-order chi connectivity index (χ0) is 10.8. The van der Waals surface area contributed by atoms with Gasteiger partial charge in [-0.25, -0.2) is 0 Å². The number of carboxylic acid groups (broad SMARTS) is 1. The van der Waals surface area contributed by atoms with Gasteiger partial charge in [0.1, 0.15) is 0 Å². The van der Waals surface area contributed by atoms with Gasteiger partial charge in [0, 0.05) is 0 Å². The maximum atomic E-state index is 10.5. The number of carbonyl (C=O) groups is 1. The van der Waals surface area contributed by atoms with Crippen molar-refractivity contribution in [2.45, 2.75) is 31.3 Å². The summed E-state index contributed by atoms with van der Waals surface area (Å²) in [6.45, 7) is 0. The summed E-state index contributed by atoms with van der Waals surface area (Å²) < 4.78 is 0. The van der Waals surface area contributed by atoms with Crippen molar-refractivity contribution in [3.8, 4) is 0 Å². The maximum absolute atomic E-state index is 10.5. The Morgan fingerprint density at radius 3 is 2.67 bits per heavy atom. The van der Waals surface area contributed by atoms with Crippen LogP contribution in [0.15, 0.2) is 24.3 Å². The summed E-state index contributed by atoms with van der Waals surface area (Å²) in [6, 6.07) is 7.58. The molecule has 0 aliphatic heterocycles. The van der Waals surface area contributed by atoms with Crippen LogP contribution in [0, 0.1) is 0 Å². The van der Waals surface area contributed by atoms with E-state index in [0.29, 0.717) is 5.92 Å². The first kappa shape index (κ1) is 10.2. The van der Waals surface area contributed by atoms with Crippen molar-refractivity contribution in [1.29, 1.82) is 0 Å². The molecule has 2 N–H and O–H groups in total. The number of hydrogen-bond acceptors (Lipinski definition) is 2. The van der Waals surface area contributed by atoms with Crippen molar-refractivity contribution in [3.63, 3.8) is 0 Å². The Morgan fingerprint density at radius 2 is 2.07 bits per heavy atom. The van der Waals surface area contributed by atoms with Crippen LogP contribution >= 0.6 is 0 Å². The van der Waals surface area contributed by atoms with E-state index < -0.39 is 12.1 Å². The second-order valence-electron chi connectivity index (χ2n) is 4.02. The predicted molar refractivity (Wildman–Crippen MR) is 55.6 cm³/mol. The zero-order valence-electron chi connectivity index (χ0n) is 8.39. The van der Waals surface area contributed by atoms with Crippen LogP contribution in [0.25, 0.3) is 0 Å². The molecule has 0 radical (unpaired) electrons. The van der Waals surface area contributed by atoms with E-state index in [2.05, 4.69) is 0 Å². The van der Waals surface area contributed by atoms with Crippen LogP contribution in [0.1, 0.15) is 42.4 Å². The number of hydrogen-bond donors (Lipinski definition) is 2. The van der Waals surface area contributed by atoms with Crippen LogP contribution < -0.4 is 0 Å². The van der Waals surface area contributed by atoms with Gasteiger partial charge in [-0.15, -0.1) is 0 Å². The van der Waals surface area contributed by atoms with Crippen molar-refractivity contribution < 1.29 is 15.0 Å². The molecule has 1 aliphatic rings. The first-order chi connectivity index (χ1) is 7.18. The van der Waals surface area contributed by atoms with E-state index in [9.17, 15) is 9.90 Å². The minimum Gasteiger partial charge on any atom is -0.481 e. The third kappa shape index (κ3) is 2.36. The number of aliphatic hydroxyl groups is 1. The molecule has 0 bridgehead atoms. The van der Waals surface area contributed by atoms with E-state index >= 15 is 0 Å². The molecule has 1 fully saturated rings. The Morgan fingerprint density at radius 1 is 1.40 bits per heavy atom. The van der Waals surface area contributed by atoms with Gasteiger partial charge in [-0.1, -0.05) is 24.3 Å². The second-order valence-corrected chi connectivity index (χ2v) is 4.02. The molecule has 3 nitrogen and oxygen atoms in total. The topological polar surface area (TPSA) is 57.5 Å². The van der Waals surface area contributed by atoms with Crippen LogP contribution in [-0.4, -0.2) is 16.2 Å². The van der Waals surface area contributed by atoms with Gasteiger partial charge in [0.2, 0.25) is 0 Å². The molecular formula is C12H14O3. The molecule has 1 aromatic carbocycles. The Kier molecular flexibility index (Phi) is 2.73. The van der Waals surface area contributed by atoms with Crippen molar-refractivity contribution in [3.05, 3.63) is 35.4 Å². The lowest BCUT2D eigenvalue weighted by Gasteiger charge is -2.13. The number of aliphatic hydroxyl groups excluding tert-OH is 1. The molecule has 3 heteroatoms. The lowest BCUT2D eigenvalue weighted by molar-refractivity contribution is -0.139. The normalized spacial score (nSPS) is 17.4. The molecule has 1 unspecified atom stereocenters. The smallest absolute Gasteiger partial charge is 0.306 e. The van der Waals surface area contributed by atoms with Crippen LogP contribution in [0.3, 0.4) is 0 Å². The third-order valence-electron chi connectivity index (χ3n) is 2.74. The van der Waals surface area contributed by atoms with Gasteiger partial charge in [-0.3, -0.25) is 4.79 Å². The zero-order valence-corrected chi connectivity index (χ0v) is 8.39. The Bertz CT molecular complexity index is 369. The maximum Gasteiger partial charge on any atom is 0.306 e. The van der Waals surface area contributed by atoms with Gasteiger partial charge >= 0.3 is 5.97 Å². The van der Waals surface area contributed by atoms with E-state index in [-0.39, 0.29) is 6.42 Å². The molecule has 1 saturated carbocycles. The van der Waals surface area contributed by atoms with E-state index in [1.165, 1.54) is 0 Å². The average molecular weight is 206 g/mol. The van der Waals surface area contributed by atoms with E-state index in [1.807, 2.05) is 24.3 Å². The largest absolute Gasteiger partial charge is 0.481 e. The van der Waals surface area contributed by atoms with Crippen molar-refractivity contribution in [2.75, 3.05) is 0 Å². The quantitative estimate of drug-likeness (QED) is 0.792. The van der Waals surface area contributed by atoms with Gasteiger partial charge in [0.05, 0.1) is 12.5 Å². The SMILES string of the molecule is O=C(O)CC(O)c1ccccc1C1CC1. The minimum absolute atomic E-state index is 0.219.